The summed E-state index contributed by atoms with van der Waals surface area (Å²) >= 11 is 0. The first-order valence-corrected chi connectivity index (χ1v) is 8.43. The first-order chi connectivity index (χ1) is 10.1. The molecule has 2 atom stereocenters. The standard InChI is InChI=1S/C16H29N3O2/c1-12(15(20)18-14-8-4-5-9-14)17-13(2)16(21)19-10-6-3-7-11-19/h12-14,17H,3-11H2,1-2H3,(H,18,20). The highest BCUT2D eigenvalue weighted by molar-refractivity contribution is 5.85. The summed E-state index contributed by atoms with van der Waals surface area (Å²) < 4.78 is 0. The van der Waals surface area contributed by atoms with Crippen LogP contribution in [0.25, 0.3) is 0 Å². The van der Waals surface area contributed by atoms with Gasteiger partial charge in [0.05, 0.1) is 12.1 Å². The number of piperidine rings is 1. The van der Waals surface area contributed by atoms with E-state index in [4.69, 9.17) is 0 Å². The van der Waals surface area contributed by atoms with E-state index in [2.05, 4.69) is 10.6 Å². The Morgan fingerprint density at radius 3 is 2.19 bits per heavy atom. The lowest BCUT2D eigenvalue weighted by molar-refractivity contribution is -0.134. The summed E-state index contributed by atoms with van der Waals surface area (Å²) in [6.07, 6.45) is 7.98. The van der Waals surface area contributed by atoms with Gasteiger partial charge in [-0.2, -0.15) is 0 Å². The van der Waals surface area contributed by atoms with E-state index in [1.807, 2.05) is 18.7 Å². The molecule has 2 N–H and O–H groups in total. The smallest absolute Gasteiger partial charge is 0.239 e. The third-order valence-corrected chi connectivity index (χ3v) is 4.63. The molecule has 120 valence electrons. The van der Waals surface area contributed by atoms with Gasteiger partial charge >= 0.3 is 0 Å². The van der Waals surface area contributed by atoms with Gasteiger partial charge in [0.15, 0.2) is 0 Å². The predicted octanol–water partition coefficient (Wildman–Crippen LogP) is 1.42. The third-order valence-electron chi connectivity index (χ3n) is 4.63. The van der Waals surface area contributed by atoms with Crippen molar-refractivity contribution in [1.82, 2.24) is 15.5 Å². The summed E-state index contributed by atoms with van der Waals surface area (Å²) in [4.78, 5) is 26.4. The molecule has 0 radical (unpaired) electrons. The van der Waals surface area contributed by atoms with Crippen molar-refractivity contribution in [2.75, 3.05) is 13.1 Å². The minimum atomic E-state index is -0.325. The molecule has 0 aromatic heterocycles. The minimum Gasteiger partial charge on any atom is -0.352 e. The van der Waals surface area contributed by atoms with E-state index in [0.29, 0.717) is 6.04 Å². The monoisotopic (exact) mass is 295 g/mol. The SMILES string of the molecule is CC(NC(C)C(=O)N1CCCCC1)C(=O)NC1CCCC1. The van der Waals surface area contributed by atoms with Crippen LogP contribution >= 0.6 is 0 Å². The Balaban J connectivity index is 1.75. The van der Waals surface area contributed by atoms with Gasteiger partial charge < -0.3 is 10.2 Å². The van der Waals surface area contributed by atoms with Crippen LogP contribution in [0.1, 0.15) is 58.8 Å². The van der Waals surface area contributed by atoms with E-state index in [1.54, 1.807) is 0 Å². The molecule has 1 saturated heterocycles. The molecule has 1 heterocycles. The van der Waals surface area contributed by atoms with Gasteiger partial charge in [-0.25, -0.2) is 0 Å². The lowest BCUT2D eigenvalue weighted by Gasteiger charge is -2.30. The Hall–Kier alpha value is -1.10. The average Bonchev–Trinajstić information content (AvgIpc) is 3.00. The van der Waals surface area contributed by atoms with Gasteiger partial charge in [0.1, 0.15) is 0 Å². The van der Waals surface area contributed by atoms with Crippen LogP contribution in [0.2, 0.25) is 0 Å². The Morgan fingerprint density at radius 2 is 1.57 bits per heavy atom. The summed E-state index contributed by atoms with van der Waals surface area (Å²) in [5, 5.41) is 6.22. The molecular formula is C16H29N3O2. The van der Waals surface area contributed by atoms with Gasteiger partial charge in [0, 0.05) is 19.1 Å². The van der Waals surface area contributed by atoms with Crippen LogP contribution < -0.4 is 10.6 Å². The zero-order chi connectivity index (χ0) is 15.2. The van der Waals surface area contributed by atoms with Crippen molar-refractivity contribution in [3.8, 4) is 0 Å². The molecule has 0 bridgehead atoms. The topological polar surface area (TPSA) is 61.4 Å². The number of hydrogen-bond acceptors (Lipinski definition) is 3. The number of nitrogens with one attached hydrogen (secondary N) is 2. The molecule has 2 amide bonds. The quantitative estimate of drug-likeness (QED) is 0.806. The Kier molecular flexibility index (Phi) is 6.03. The van der Waals surface area contributed by atoms with E-state index < -0.39 is 0 Å². The maximum absolute atomic E-state index is 12.3. The van der Waals surface area contributed by atoms with Gasteiger partial charge in [0.25, 0.3) is 0 Å². The van der Waals surface area contributed by atoms with E-state index >= 15 is 0 Å². The number of likely N-dealkylation sites (tertiary alicyclic amines) is 1. The number of amides is 2. The summed E-state index contributed by atoms with van der Waals surface area (Å²) in [6.45, 7) is 5.40. The predicted molar refractivity (Wildman–Crippen MR) is 82.9 cm³/mol. The van der Waals surface area contributed by atoms with Gasteiger partial charge in [-0.1, -0.05) is 12.8 Å². The van der Waals surface area contributed by atoms with Crippen molar-refractivity contribution >= 4 is 11.8 Å². The van der Waals surface area contributed by atoms with Crippen molar-refractivity contribution in [2.24, 2.45) is 0 Å². The van der Waals surface area contributed by atoms with Crippen LogP contribution in [0.5, 0.6) is 0 Å². The number of nitrogens with zero attached hydrogens (tertiary/aromatic N) is 1. The second-order valence-electron chi connectivity index (χ2n) is 6.49. The van der Waals surface area contributed by atoms with Crippen molar-refractivity contribution in [3.63, 3.8) is 0 Å². The second-order valence-corrected chi connectivity index (χ2v) is 6.49. The minimum absolute atomic E-state index is 0.0141. The molecule has 2 rings (SSSR count). The highest BCUT2D eigenvalue weighted by atomic mass is 16.2. The van der Waals surface area contributed by atoms with E-state index in [1.165, 1.54) is 19.3 Å². The van der Waals surface area contributed by atoms with Crippen LogP contribution in [0.4, 0.5) is 0 Å². The van der Waals surface area contributed by atoms with Gasteiger partial charge in [-0.3, -0.25) is 14.9 Å². The largest absolute Gasteiger partial charge is 0.352 e. The van der Waals surface area contributed by atoms with Gasteiger partial charge in [-0.15, -0.1) is 0 Å². The lowest BCUT2D eigenvalue weighted by Crippen LogP contribution is -2.53. The molecule has 1 aliphatic carbocycles. The highest BCUT2D eigenvalue weighted by Gasteiger charge is 2.26. The van der Waals surface area contributed by atoms with Crippen LogP contribution in [0, 0.1) is 0 Å². The molecule has 2 unspecified atom stereocenters. The van der Waals surface area contributed by atoms with Crippen molar-refractivity contribution in [2.45, 2.75) is 76.9 Å². The molecule has 5 nitrogen and oxygen atoms in total. The van der Waals surface area contributed by atoms with Crippen LogP contribution in [-0.2, 0) is 9.59 Å². The zero-order valence-electron chi connectivity index (χ0n) is 13.4. The molecule has 5 heteroatoms. The third kappa shape index (κ3) is 4.70. The summed E-state index contributed by atoms with van der Waals surface area (Å²) in [5.41, 5.74) is 0. The first-order valence-electron chi connectivity index (χ1n) is 8.43. The zero-order valence-corrected chi connectivity index (χ0v) is 13.4. The summed E-state index contributed by atoms with van der Waals surface area (Å²) in [7, 11) is 0. The molecule has 1 saturated carbocycles. The number of carbonyl (C=O) groups is 2. The normalized spacial score (nSPS) is 22.9. The number of hydrogen-bond donors (Lipinski definition) is 2. The molecular weight excluding hydrogens is 266 g/mol. The van der Waals surface area contributed by atoms with Gasteiger partial charge in [0.2, 0.25) is 11.8 Å². The van der Waals surface area contributed by atoms with E-state index in [0.717, 1.165) is 38.8 Å². The lowest BCUT2D eigenvalue weighted by atomic mass is 10.1. The van der Waals surface area contributed by atoms with Crippen molar-refractivity contribution < 1.29 is 9.59 Å². The average molecular weight is 295 g/mol. The molecule has 2 fully saturated rings. The molecule has 1 aliphatic heterocycles. The fraction of sp³-hybridized carbons (Fsp3) is 0.875. The number of rotatable bonds is 5. The first kappa shape index (κ1) is 16.3. The van der Waals surface area contributed by atoms with E-state index in [-0.39, 0.29) is 23.9 Å². The Morgan fingerprint density at radius 1 is 0.952 bits per heavy atom. The highest BCUT2D eigenvalue weighted by Crippen LogP contribution is 2.17. The molecule has 0 spiro atoms. The van der Waals surface area contributed by atoms with Crippen LogP contribution in [-0.4, -0.2) is 47.9 Å². The summed E-state index contributed by atoms with van der Waals surface area (Å²) in [6, 6.07) is -0.295. The van der Waals surface area contributed by atoms with Crippen molar-refractivity contribution in [3.05, 3.63) is 0 Å². The van der Waals surface area contributed by atoms with Crippen LogP contribution in [0.15, 0.2) is 0 Å². The Bertz CT molecular complexity index is 361. The second kappa shape index (κ2) is 7.78. The molecule has 2 aliphatic rings. The van der Waals surface area contributed by atoms with Crippen molar-refractivity contribution in [1.29, 1.82) is 0 Å². The molecule has 0 aromatic carbocycles. The summed E-state index contributed by atoms with van der Waals surface area (Å²) in [5.74, 6) is 0.135. The van der Waals surface area contributed by atoms with Gasteiger partial charge in [-0.05, 0) is 46.0 Å². The molecule has 0 aromatic rings. The van der Waals surface area contributed by atoms with Crippen LogP contribution in [0.3, 0.4) is 0 Å². The fourth-order valence-corrected chi connectivity index (χ4v) is 3.31. The maximum atomic E-state index is 12.3. The van der Waals surface area contributed by atoms with E-state index in [9.17, 15) is 9.59 Å². The Labute approximate surface area is 127 Å². The fourth-order valence-electron chi connectivity index (χ4n) is 3.31. The molecule has 21 heavy (non-hydrogen) atoms. The maximum Gasteiger partial charge on any atom is 0.239 e. The number of carbonyl (C=O) groups excluding carboxylic acids is 2.